The molecule has 2 fully saturated rings. The fraction of sp³-hybridized carbons (Fsp3) is 0.619. The minimum atomic E-state index is -3.10. The molecule has 1 heterocycles. The van der Waals surface area contributed by atoms with E-state index in [1.54, 1.807) is 17.0 Å². The fourth-order valence-corrected chi connectivity index (χ4v) is 6.80. The summed E-state index contributed by atoms with van der Waals surface area (Å²) in [5.41, 5.74) is 0. The van der Waals surface area contributed by atoms with Crippen LogP contribution < -0.4 is 0 Å². The van der Waals surface area contributed by atoms with E-state index in [0.29, 0.717) is 17.2 Å². The second-order valence-corrected chi connectivity index (χ2v) is 11.7. The van der Waals surface area contributed by atoms with Crippen molar-refractivity contribution in [3.63, 3.8) is 0 Å². The quantitative estimate of drug-likeness (QED) is 0.423. The predicted octanol–water partition coefficient (Wildman–Crippen LogP) is 3.71. The number of sulfone groups is 1. The van der Waals surface area contributed by atoms with Crippen molar-refractivity contribution in [3.8, 4) is 0 Å². The normalized spacial score (nSPS) is 21.3. The van der Waals surface area contributed by atoms with E-state index in [2.05, 4.69) is 0 Å². The van der Waals surface area contributed by atoms with Gasteiger partial charge in [0.25, 0.3) is 5.91 Å². The van der Waals surface area contributed by atoms with E-state index in [4.69, 9.17) is 16.3 Å². The third-order valence-corrected chi connectivity index (χ3v) is 8.62. The van der Waals surface area contributed by atoms with Crippen molar-refractivity contribution < 1.29 is 22.7 Å². The molecule has 0 bridgehead atoms. The number of nitrogens with zero attached hydrogens (tertiary/aromatic N) is 1. The van der Waals surface area contributed by atoms with Gasteiger partial charge in [-0.05, 0) is 43.5 Å². The molecule has 1 unspecified atom stereocenters. The summed E-state index contributed by atoms with van der Waals surface area (Å²) in [4.78, 5) is 27.7. The van der Waals surface area contributed by atoms with Gasteiger partial charge in [0.1, 0.15) is 0 Å². The standard InChI is InChI=1S/C21H28ClNO5S2/c22-16-6-8-19(9-7-16)29-12-10-21(25)28-14-20(24)23(17-4-2-1-3-5-17)18-11-13-30(26,27)15-18/h6-9,17-18H,1-5,10-15H2. The highest BCUT2D eigenvalue weighted by Crippen LogP contribution is 2.28. The Hall–Kier alpha value is -1.25. The van der Waals surface area contributed by atoms with Crippen LogP contribution in [0, 0.1) is 0 Å². The molecule has 1 aliphatic heterocycles. The van der Waals surface area contributed by atoms with Gasteiger partial charge >= 0.3 is 5.97 Å². The van der Waals surface area contributed by atoms with E-state index < -0.39 is 15.8 Å². The van der Waals surface area contributed by atoms with Crippen molar-refractivity contribution in [1.82, 2.24) is 4.90 Å². The topological polar surface area (TPSA) is 80.8 Å². The van der Waals surface area contributed by atoms with Crippen LogP contribution in [0.2, 0.25) is 5.02 Å². The number of thioether (sulfide) groups is 1. The first-order valence-electron chi connectivity index (χ1n) is 10.4. The molecule has 6 nitrogen and oxygen atoms in total. The van der Waals surface area contributed by atoms with Gasteiger partial charge in [0.2, 0.25) is 0 Å². The van der Waals surface area contributed by atoms with Gasteiger partial charge in [0.05, 0.1) is 17.9 Å². The van der Waals surface area contributed by atoms with Crippen LogP contribution in [0.15, 0.2) is 29.2 Å². The van der Waals surface area contributed by atoms with Gasteiger partial charge in [-0.15, -0.1) is 11.8 Å². The first-order valence-corrected chi connectivity index (χ1v) is 13.6. The molecule has 1 aliphatic carbocycles. The van der Waals surface area contributed by atoms with Crippen LogP contribution in [0.4, 0.5) is 0 Å². The minimum absolute atomic E-state index is 0.0148. The van der Waals surface area contributed by atoms with Crippen molar-refractivity contribution in [3.05, 3.63) is 29.3 Å². The van der Waals surface area contributed by atoms with Crippen LogP contribution in [0.25, 0.3) is 0 Å². The monoisotopic (exact) mass is 473 g/mol. The zero-order valence-electron chi connectivity index (χ0n) is 16.9. The zero-order chi connectivity index (χ0) is 21.6. The molecule has 9 heteroatoms. The van der Waals surface area contributed by atoms with E-state index in [1.807, 2.05) is 12.1 Å². The number of esters is 1. The van der Waals surface area contributed by atoms with E-state index in [9.17, 15) is 18.0 Å². The molecule has 3 rings (SSSR count). The molecule has 30 heavy (non-hydrogen) atoms. The number of carbonyl (C=O) groups excluding carboxylic acids is 2. The van der Waals surface area contributed by atoms with Gasteiger partial charge in [-0.1, -0.05) is 30.9 Å². The number of carbonyl (C=O) groups is 2. The van der Waals surface area contributed by atoms with Crippen LogP contribution in [-0.4, -0.2) is 61.1 Å². The third-order valence-electron chi connectivity index (χ3n) is 5.60. The number of hydrogen-bond acceptors (Lipinski definition) is 6. The maximum atomic E-state index is 12.9. The van der Waals surface area contributed by atoms with Crippen molar-refractivity contribution in [2.24, 2.45) is 0 Å². The third kappa shape index (κ3) is 6.89. The predicted molar refractivity (Wildman–Crippen MR) is 119 cm³/mol. The summed E-state index contributed by atoms with van der Waals surface area (Å²) in [5, 5.41) is 0.662. The smallest absolute Gasteiger partial charge is 0.307 e. The largest absolute Gasteiger partial charge is 0.456 e. The van der Waals surface area contributed by atoms with Gasteiger partial charge in [0, 0.05) is 27.8 Å². The highest BCUT2D eigenvalue weighted by Gasteiger charge is 2.38. The summed E-state index contributed by atoms with van der Waals surface area (Å²) in [5.74, 6) is -0.0197. The lowest BCUT2D eigenvalue weighted by Gasteiger charge is -2.38. The number of halogens is 1. The number of rotatable bonds is 8. The summed E-state index contributed by atoms with van der Waals surface area (Å²) in [6.07, 6.45) is 5.65. The van der Waals surface area contributed by atoms with Gasteiger partial charge in [-0.25, -0.2) is 8.42 Å². The second kappa shape index (κ2) is 10.9. The molecule has 1 saturated carbocycles. The average Bonchev–Trinajstić information content (AvgIpc) is 3.08. The molecule has 1 aromatic carbocycles. The first-order chi connectivity index (χ1) is 14.3. The Morgan fingerprint density at radius 1 is 1.07 bits per heavy atom. The Balaban J connectivity index is 1.49. The van der Waals surface area contributed by atoms with Gasteiger partial charge < -0.3 is 9.64 Å². The van der Waals surface area contributed by atoms with Crippen LogP contribution in [0.3, 0.4) is 0 Å². The van der Waals surface area contributed by atoms with Crippen LogP contribution in [0.5, 0.6) is 0 Å². The SMILES string of the molecule is O=C(CCSc1ccc(Cl)cc1)OCC(=O)N(C1CCCCC1)C1CCS(=O)(=O)C1. The van der Waals surface area contributed by atoms with Gasteiger partial charge in [0.15, 0.2) is 16.4 Å². The van der Waals surface area contributed by atoms with Crippen LogP contribution in [-0.2, 0) is 24.2 Å². The van der Waals surface area contributed by atoms with E-state index in [0.717, 1.165) is 37.0 Å². The summed E-state index contributed by atoms with van der Waals surface area (Å²) < 4.78 is 29.1. The molecule has 0 spiro atoms. The maximum Gasteiger partial charge on any atom is 0.307 e. The summed E-state index contributed by atoms with van der Waals surface area (Å²) >= 11 is 7.38. The molecule has 1 saturated heterocycles. The number of hydrogen-bond donors (Lipinski definition) is 0. The van der Waals surface area contributed by atoms with Crippen molar-refractivity contribution in [2.45, 2.75) is 61.9 Å². The number of amides is 1. The Morgan fingerprint density at radius 2 is 1.77 bits per heavy atom. The molecule has 166 valence electrons. The van der Waals surface area contributed by atoms with Crippen LogP contribution >= 0.6 is 23.4 Å². The van der Waals surface area contributed by atoms with E-state index in [-0.39, 0.29) is 42.5 Å². The fourth-order valence-electron chi connectivity index (χ4n) is 4.13. The van der Waals surface area contributed by atoms with Crippen LogP contribution in [0.1, 0.15) is 44.9 Å². The van der Waals surface area contributed by atoms with Gasteiger partial charge in [-0.2, -0.15) is 0 Å². The molecular weight excluding hydrogens is 446 g/mol. The Kier molecular flexibility index (Phi) is 8.48. The summed E-state index contributed by atoms with van der Waals surface area (Å²) in [6, 6.07) is 7.11. The first kappa shape index (κ1) is 23.4. The molecule has 0 N–H and O–H groups in total. The highest BCUT2D eigenvalue weighted by molar-refractivity contribution is 7.99. The van der Waals surface area contributed by atoms with Crippen molar-refractivity contribution in [2.75, 3.05) is 23.9 Å². The van der Waals surface area contributed by atoms with E-state index in [1.165, 1.54) is 11.8 Å². The molecular formula is C21H28ClNO5S2. The molecule has 2 aliphatic rings. The lowest BCUT2D eigenvalue weighted by Crippen LogP contribution is -2.50. The van der Waals surface area contributed by atoms with Gasteiger partial charge in [-0.3, -0.25) is 9.59 Å². The molecule has 0 radical (unpaired) electrons. The van der Waals surface area contributed by atoms with E-state index >= 15 is 0 Å². The highest BCUT2D eigenvalue weighted by atomic mass is 35.5. The molecule has 1 amide bonds. The Bertz CT molecular complexity index is 837. The summed E-state index contributed by atoms with van der Waals surface area (Å²) in [7, 11) is -3.10. The van der Waals surface area contributed by atoms with Crippen molar-refractivity contribution >= 4 is 45.1 Å². The number of benzene rings is 1. The minimum Gasteiger partial charge on any atom is -0.456 e. The molecule has 1 atom stereocenters. The molecule has 0 aromatic heterocycles. The number of ether oxygens (including phenoxy) is 1. The Morgan fingerprint density at radius 3 is 2.40 bits per heavy atom. The maximum absolute atomic E-state index is 12.9. The molecule has 1 aromatic rings. The zero-order valence-corrected chi connectivity index (χ0v) is 19.3. The lowest BCUT2D eigenvalue weighted by atomic mass is 9.93. The lowest BCUT2D eigenvalue weighted by molar-refractivity contribution is -0.154. The second-order valence-electron chi connectivity index (χ2n) is 7.86. The Labute approximate surface area is 187 Å². The summed E-state index contributed by atoms with van der Waals surface area (Å²) in [6.45, 7) is -0.322. The average molecular weight is 474 g/mol. The van der Waals surface area contributed by atoms with Crippen molar-refractivity contribution in [1.29, 1.82) is 0 Å².